The van der Waals surface area contributed by atoms with Gasteiger partial charge in [0.15, 0.2) is 23.3 Å². The summed E-state index contributed by atoms with van der Waals surface area (Å²) in [5.41, 5.74) is -1.73. The van der Waals surface area contributed by atoms with E-state index in [0.29, 0.717) is 0 Å². The highest BCUT2D eigenvalue weighted by molar-refractivity contribution is 7.85. The lowest BCUT2D eigenvalue weighted by atomic mass is 10.0. The minimum Gasteiger partial charge on any atom is -0.466 e. The number of benzene rings is 2. The van der Waals surface area contributed by atoms with Crippen molar-refractivity contribution in [3.63, 3.8) is 0 Å². The molecule has 10 heteroatoms. The van der Waals surface area contributed by atoms with Gasteiger partial charge in [0, 0.05) is 17.8 Å². The second kappa shape index (κ2) is 9.17. The van der Waals surface area contributed by atoms with Crippen LogP contribution >= 0.6 is 0 Å². The highest BCUT2D eigenvalue weighted by atomic mass is 32.2. The minimum atomic E-state index is -2.31. The summed E-state index contributed by atoms with van der Waals surface area (Å²) in [6.45, 7) is 0. The molecule has 160 valence electrons. The zero-order valence-electron chi connectivity index (χ0n) is 15.7. The largest absolute Gasteiger partial charge is 0.466 e. The Morgan fingerprint density at radius 3 is 2.16 bits per heavy atom. The number of esters is 1. The summed E-state index contributed by atoms with van der Waals surface area (Å²) in [7, 11) is -1.09. The first kappa shape index (κ1) is 22.3. The van der Waals surface area contributed by atoms with E-state index in [1.54, 1.807) is 0 Å². The van der Waals surface area contributed by atoms with Crippen LogP contribution in [0.2, 0.25) is 0 Å². The second-order valence-corrected chi connectivity index (χ2v) is 7.33. The summed E-state index contributed by atoms with van der Waals surface area (Å²) in [6, 6.07) is 8.07. The Morgan fingerprint density at radius 2 is 1.58 bits per heavy atom. The van der Waals surface area contributed by atoms with Crippen molar-refractivity contribution in [3.8, 4) is 11.1 Å². The molecule has 0 fully saturated rings. The van der Waals surface area contributed by atoms with Gasteiger partial charge >= 0.3 is 5.97 Å². The molecule has 3 rings (SSSR count). The average molecular weight is 453 g/mol. The molecule has 0 bridgehead atoms. The van der Waals surface area contributed by atoms with Crippen LogP contribution in [0.15, 0.2) is 58.6 Å². The number of aromatic nitrogens is 1. The molecule has 0 aliphatic rings. The first-order valence-electron chi connectivity index (χ1n) is 8.51. The molecule has 2 aromatic carbocycles. The normalized spacial score (nSPS) is 12.2. The Balaban J connectivity index is 2.36. The van der Waals surface area contributed by atoms with Crippen LogP contribution in [-0.2, 0) is 20.3 Å². The van der Waals surface area contributed by atoms with Crippen LogP contribution in [0.5, 0.6) is 0 Å². The maximum Gasteiger partial charge on any atom is 0.330 e. The van der Waals surface area contributed by atoms with Crippen molar-refractivity contribution >= 4 is 22.8 Å². The van der Waals surface area contributed by atoms with E-state index >= 15 is 0 Å². The first-order valence-corrected chi connectivity index (χ1v) is 9.66. The molecule has 31 heavy (non-hydrogen) atoms. The lowest BCUT2D eigenvalue weighted by molar-refractivity contribution is -0.134. The lowest BCUT2D eigenvalue weighted by Gasteiger charge is -2.15. The monoisotopic (exact) mass is 453 g/mol. The summed E-state index contributed by atoms with van der Waals surface area (Å²) in [6.07, 6.45) is 3.42. The molecule has 1 atom stereocenters. The van der Waals surface area contributed by atoms with Crippen molar-refractivity contribution in [2.45, 2.75) is 9.92 Å². The molecular formula is C21H12F5NO3S. The third kappa shape index (κ3) is 4.24. The van der Waals surface area contributed by atoms with Gasteiger partial charge in [-0.25, -0.2) is 35.9 Å². The molecular weight excluding hydrogens is 441 g/mol. The molecule has 1 unspecified atom stereocenters. The van der Waals surface area contributed by atoms with Gasteiger partial charge in [0.1, 0.15) is 15.8 Å². The van der Waals surface area contributed by atoms with Gasteiger partial charge in [0.25, 0.3) is 0 Å². The number of hydrogen-bond acceptors (Lipinski definition) is 4. The van der Waals surface area contributed by atoms with Crippen molar-refractivity contribution in [3.05, 3.63) is 83.3 Å². The van der Waals surface area contributed by atoms with Crippen molar-refractivity contribution in [2.75, 3.05) is 7.11 Å². The number of ether oxygens (including phenoxy) is 1. The molecule has 0 aliphatic heterocycles. The van der Waals surface area contributed by atoms with E-state index in [1.165, 1.54) is 36.5 Å². The van der Waals surface area contributed by atoms with E-state index in [4.69, 9.17) is 0 Å². The summed E-state index contributed by atoms with van der Waals surface area (Å²) >= 11 is 0. The third-order valence-electron chi connectivity index (χ3n) is 4.14. The number of carbonyl (C=O) groups excluding carboxylic acids is 1. The van der Waals surface area contributed by atoms with Crippen LogP contribution in [0, 0.1) is 29.1 Å². The van der Waals surface area contributed by atoms with Gasteiger partial charge in [0.05, 0.1) is 17.6 Å². The maximum atomic E-state index is 14.5. The summed E-state index contributed by atoms with van der Waals surface area (Å²) in [4.78, 5) is 15.1. The topological polar surface area (TPSA) is 56.3 Å². The number of halogens is 5. The highest BCUT2D eigenvalue weighted by Crippen LogP contribution is 2.37. The number of hydrogen-bond donors (Lipinski definition) is 0. The third-order valence-corrected chi connectivity index (χ3v) is 5.59. The van der Waals surface area contributed by atoms with Crippen LogP contribution in [-0.4, -0.2) is 22.3 Å². The lowest BCUT2D eigenvalue weighted by Crippen LogP contribution is -2.07. The fourth-order valence-electron chi connectivity index (χ4n) is 2.72. The van der Waals surface area contributed by atoms with E-state index in [9.17, 15) is 31.0 Å². The summed E-state index contributed by atoms with van der Waals surface area (Å²) < 4.78 is 87.9. The Hall–Kier alpha value is -3.40. The van der Waals surface area contributed by atoms with Crippen molar-refractivity contribution in [2.24, 2.45) is 0 Å². The van der Waals surface area contributed by atoms with Gasteiger partial charge in [-0.3, -0.25) is 0 Å². The summed E-state index contributed by atoms with van der Waals surface area (Å²) in [5, 5.41) is -0.0356. The molecule has 0 N–H and O–H groups in total. The van der Waals surface area contributed by atoms with E-state index in [0.717, 1.165) is 25.3 Å². The smallest absolute Gasteiger partial charge is 0.330 e. The number of pyridine rings is 1. The number of carbonyl (C=O) groups is 1. The van der Waals surface area contributed by atoms with Gasteiger partial charge in [-0.15, -0.1) is 0 Å². The standard InChI is InChI=1S/C21H12F5NO3S/c1-30-14(28)9-8-11-5-4-6-12(21(11)31(29)13-7-2-3-10-27-13)15-16(22)18(24)20(26)19(25)17(15)23/h2-10H,1H3/b9-8+. The number of methoxy groups -OCH3 is 1. The van der Waals surface area contributed by atoms with Gasteiger partial charge in [-0.1, -0.05) is 24.3 Å². The minimum absolute atomic E-state index is 0.0239. The van der Waals surface area contributed by atoms with Crippen LogP contribution in [0.1, 0.15) is 5.56 Å². The Morgan fingerprint density at radius 1 is 0.935 bits per heavy atom. The molecule has 1 heterocycles. The highest BCUT2D eigenvalue weighted by Gasteiger charge is 2.30. The molecule has 3 aromatic rings. The van der Waals surface area contributed by atoms with Crippen molar-refractivity contribution in [1.29, 1.82) is 0 Å². The van der Waals surface area contributed by atoms with Crippen molar-refractivity contribution in [1.82, 2.24) is 4.98 Å². The molecule has 0 saturated carbocycles. The Labute approximate surface area is 175 Å². The molecule has 1 aromatic heterocycles. The first-order chi connectivity index (χ1) is 14.8. The van der Waals surface area contributed by atoms with Crippen LogP contribution in [0.25, 0.3) is 17.2 Å². The van der Waals surface area contributed by atoms with E-state index in [-0.39, 0.29) is 15.5 Å². The maximum absolute atomic E-state index is 14.5. The average Bonchev–Trinajstić information content (AvgIpc) is 2.80. The molecule has 0 aliphatic carbocycles. The van der Waals surface area contributed by atoms with E-state index < -0.39 is 57.0 Å². The SMILES string of the molecule is COC(=O)/C=C/c1cccc(-c2c(F)c(F)c(F)c(F)c2F)c1S(=O)c1ccccn1. The number of nitrogens with zero attached hydrogens (tertiary/aromatic N) is 1. The zero-order chi connectivity index (χ0) is 22.7. The summed E-state index contributed by atoms with van der Waals surface area (Å²) in [5.74, 6) is -11.5. The van der Waals surface area contributed by atoms with Gasteiger partial charge in [-0.2, -0.15) is 0 Å². The molecule has 0 amide bonds. The second-order valence-electron chi connectivity index (χ2n) is 5.96. The zero-order valence-corrected chi connectivity index (χ0v) is 16.5. The van der Waals surface area contributed by atoms with Gasteiger partial charge in [0.2, 0.25) is 5.82 Å². The molecule has 0 saturated heterocycles. The molecule has 4 nitrogen and oxygen atoms in total. The van der Waals surface area contributed by atoms with Crippen LogP contribution < -0.4 is 0 Å². The van der Waals surface area contributed by atoms with Crippen molar-refractivity contribution < 1.29 is 35.7 Å². The fourth-order valence-corrected chi connectivity index (χ4v) is 4.01. The number of rotatable bonds is 5. The predicted molar refractivity (Wildman–Crippen MR) is 102 cm³/mol. The molecule has 0 spiro atoms. The Bertz CT molecular complexity index is 1190. The van der Waals surface area contributed by atoms with Gasteiger partial charge in [-0.05, 0) is 23.8 Å². The quantitative estimate of drug-likeness (QED) is 0.183. The predicted octanol–water partition coefficient (Wildman–Crippen LogP) is 4.80. The van der Waals surface area contributed by atoms with E-state index in [2.05, 4.69) is 9.72 Å². The fraction of sp³-hybridized carbons (Fsp3) is 0.0476. The van der Waals surface area contributed by atoms with Crippen LogP contribution in [0.3, 0.4) is 0 Å². The Kier molecular flexibility index (Phi) is 6.59. The van der Waals surface area contributed by atoms with E-state index in [1.807, 2.05) is 0 Å². The van der Waals surface area contributed by atoms with Gasteiger partial charge < -0.3 is 4.74 Å². The molecule has 0 radical (unpaired) electrons. The van der Waals surface area contributed by atoms with Crippen LogP contribution in [0.4, 0.5) is 22.0 Å².